The van der Waals surface area contributed by atoms with Gasteiger partial charge in [-0.25, -0.2) is 5.43 Å². The van der Waals surface area contributed by atoms with Crippen LogP contribution in [-0.2, 0) is 10.2 Å². The number of carbonyl (C=O) groups is 1. The normalized spacial score (nSPS) is 19.8. The summed E-state index contributed by atoms with van der Waals surface area (Å²) in [6.45, 7) is 6.58. The highest BCUT2D eigenvalue weighted by molar-refractivity contribution is 5.85. The number of aromatic hydroxyl groups is 1. The number of phenolic OH excluding ortho intramolecular Hbond substituents is 1. The summed E-state index contributed by atoms with van der Waals surface area (Å²) >= 11 is 0. The van der Waals surface area contributed by atoms with Crippen molar-refractivity contribution in [1.82, 2.24) is 5.43 Å². The van der Waals surface area contributed by atoms with E-state index >= 15 is 0 Å². The molecule has 2 aromatic rings. The first kappa shape index (κ1) is 17.2. The third kappa shape index (κ3) is 4.27. The van der Waals surface area contributed by atoms with E-state index in [9.17, 15) is 9.90 Å². The van der Waals surface area contributed by atoms with E-state index < -0.39 is 0 Å². The fourth-order valence-corrected chi connectivity index (χ4v) is 2.94. The molecule has 0 aromatic heterocycles. The zero-order chi connectivity index (χ0) is 18.0. The summed E-state index contributed by atoms with van der Waals surface area (Å²) in [6.07, 6.45) is 2.40. The summed E-state index contributed by atoms with van der Waals surface area (Å²) in [5.41, 5.74) is 5.99. The average Bonchev–Trinajstić information content (AvgIpc) is 3.35. The fraction of sp³-hybridized carbons (Fsp3) is 0.333. The van der Waals surface area contributed by atoms with Crippen molar-refractivity contribution in [3.63, 3.8) is 0 Å². The highest BCUT2D eigenvalue weighted by Gasteiger charge is 2.43. The van der Waals surface area contributed by atoms with Gasteiger partial charge in [0.15, 0.2) is 0 Å². The van der Waals surface area contributed by atoms with Crippen LogP contribution < -0.4 is 5.43 Å². The van der Waals surface area contributed by atoms with Crippen LogP contribution in [0.2, 0.25) is 0 Å². The lowest BCUT2D eigenvalue weighted by Crippen LogP contribution is -2.20. The molecule has 0 spiro atoms. The van der Waals surface area contributed by atoms with Crippen molar-refractivity contribution < 1.29 is 9.90 Å². The summed E-state index contributed by atoms with van der Waals surface area (Å²) in [5.74, 6) is 0.393. The van der Waals surface area contributed by atoms with Crippen molar-refractivity contribution in [2.24, 2.45) is 11.0 Å². The first-order chi connectivity index (χ1) is 11.8. The lowest BCUT2D eigenvalue weighted by molar-refractivity contribution is -0.122. The average molecular weight is 336 g/mol. The van der Waals surface area contributed by atoms with Crippen LogP contribution in [0, 0.1) is 5.92 Å². The fourth-order valence-electron chi connectivity index (χ4n) is 2.94. The third-order valence-electron chi connectivity index (χ3n) is 4.59. The SMILES string of the molecule is CC(C)(C)c1ccc(C2CC2C(=O)N/N=C/c2cccc(O)c2)cc1. The number of benzene rings is 2. The van der Waals surface area contributed by atoms with E-state index in [0.29, 0.717) is 0 Å². The van der Waals surface area contributed by atoms with Crippen LogP contribution in [0.3, 0.4) is 0 Å². The van der Waals surface area contributed by atoms with Gasteiger partial charge in [0.2, 0.25) is 5.91 Å². The predicted octanol–water partition coefficient (Wildman–Crippen LogP) is 3.94. The molecular weight excluding hydrogens is 312 g/mol. The summed E-state index contributed by atoms with van der Waals surface area (Å²) in [5, 5.41) is 13.4. The lowest BCUT2D eigenvalue weighted by atomic mass is 9.86. The largest absolute Gasteiger partial charge is 0.508 e. The number of nitrogens with one attached hydrogen (secondary N) is 1. The second kappa shape index (κ2) is 6.71. The van der Waals surface area contributed by atoms with Gasteiger partial charge in [-0.2, -0.15) is 5.10 Å². The maximum absolute atomic E-state index is 12.2. The van der Waals surface area contributed by atoms with Gasteiger partial charge in [0, 0.05) is 5.92 Å². The number of carbonyl (C=O) groups excluding carboxylic acids is 1. The van der Waals surface area contributed by atoms with E-state index in [4.69, 9.17) is 0 Å². The van der Waals surface area contributed by atoms with Crippen molar-refractivity contribution in [3.05, 3.63) is 65.2 Å². The molecular formula is C21H24N2O2. The summed E-state index contributed by atoms with van der Waals surface area (Å²) in [7, 11) is 0. The van der Waals surface area contributed by atoms with Crippen molar-refractivity contribution in [2.45, 2.75) is 38.5 Å². The number of phenols is 1. The second-order valence-electron chi connectivity index (χ2n) is 7.65. The Morgan fingerprint density at radius 2 is 1.92 bits per heavy atom. The van der Waals surface area contributed by atoms with Crippen LogP contribution in [0.1, 0.15) is 49.8 Å². The summed E-state index contributed by atoms with van der Waals surface area (Å²) in [6, 6.07) is 15.3. The number of hydrazone groups is 1. The van der Waals surface area contributed by atoms with Crippen LogP contribution in [0.15, 0.2) is 53.6 Å². The Balaban J connectivity index is 1.55. The van der Waals surface area contributed by atoms with Gasteiger partial charge < -0.3 is 5.11 Å². The molecule has 0 heterocycles. The molecule has 1 saturated carbocycles. The van der Waals surface area contributed by atoms with Gasteiger partial charge in [0.1, 0.15) is 5.75 Å². The van der Waals surface area contributed by atoms with E-state index in [2.05, 4.69) is 55.6 Å². The molecule has 2 unspecified atom stereocenters. The molecule has 1 amide bonds. The zero-order valence-electron chi connectivity index (χ0n) is 14.9. The minimum Gasteiger partial charge on any atom is -0.508 e. The van der Waals surface area contributed by atoms with Crippen LogP contribution in [0.4, 0.5) is 0 Å². The van der Waals surface area contributed by atoms with E-state index in [1.54, 1.807) is 18.2 Å². The molecule has 0 aliphatic heterocycles. The van der Waals surface area contributed by atoms with Crippen LogP contribution in [0.5, 0.6) is 5.75 Å². The number of amides is 1. The molecule has 0 bridgehead atoms. The molecule has 130 valence electrons. The number of hydrogen-bond acceptors (Lipinski definition) is 3. The quantitative estimate of drug-likeness (QED) is 0.656. The van der Waals surface area contributed by atoms with Gasteiger partial charge in [0.25, 0.3) is 0 Å². The first-order valence-corrected chi connectivity index (χ1v) is 8.57. The van der Waals surface area contributed by atoms with Gasteiger partial charge in [-0.15, -0.1) is 0 Å². The summed E-state index contributed by atoms with van der Waals surface area (Å²) in [4.78, 5) is 12.2. The Kier molecular flexibility index (Phi) is 4.62. The second-order valence-corrected chi connectivity index (χ2v) is 7.65. The molecule has 1 aliphatic rings. The van der Waals surface area contributed by atoms with Crippen LogP contribution in [0.25, 0.3) is 0 Å². The molecule has 1 fully saturated rings. The van der Waals surface area contributed by atoms with Crippen LogP contribution >= 0.6 is 0 Å². The standard InChI is InChI=1S/C21H24N2O2/c1-21(2,3)16-9-7-15(8-10-16)18-12-19(18)20(25)23-22-13-14-5-4-6-17(24)11-14/h4-11,13,18-19,24H,12H2,1-3H3,(H,23,25)/b22-13+. The highest BCUT2D eigenvalue weighted by Crippen LogP contribution is 2.47. The maximum Gasteiger partial charge on any atom is 0.243 e. The van der Waals surface area contributed by atoms with Gasteiger partial charge >= 0.3 is 0 Å². The molecule has 0 radical (unpaired) electrons. The zero-order valence-corrected chi connectivity index (χ0v) is 14.9. The minimum absolute atomic E-state index is 0.0122. The molecule has 2 atom stereocenters. The van der Waals surface area contributed by atoms with Crippen molar-refractivity contribution in [1.29, 1.82) is 0 Å². The molecule has 4 nitrogen and oxygen atoms in total. The topological polar surface area (TPSA) is 61.7 Å². The number of hydrogen-bond donors (Lipinski definition) is 2. The van der Waals surface area contributed by atoms with Crippen molar-refractivity contribution in [2.75, 3.05) is 0 Å². The smallest absolute Gasteiger partial charge is 0.243 e. The van der Waals surface area contributed by atoms with E-state index in [-0.39, 0.29) is 28.9 Å². The maximum atomic E-state index is 12.2. The van der Waals surface area contributed by atoms with E-state index in [1.807, 2.05) is 6.07 Å². The lowest BCUT2D eigenvalue weighted by Gasteiger charge is -2.19. The molecule has 0 saturated heterocycles. The Morgan fingerprint density at radius 1 is 1.20 bits per heavy atom. The molecule has 2 N–H and O–H groups in total. The van der Waals surface area contributed by atoms with E-state index in [0.717, 1.165) is 12.0 Å². The Bertz CT molecular complexity index is 788. The number of rotatable bonds is 4. The molecule has 3 rings (SSSR count). The Hall–Kier alpha value is -2.62. The first-order valence-electron chi connectivity index (χ1n) is 8.57. The van der Waals surface area contributed by atoms with E-state index in [1.165, 1.54) is 17.3 Å². The van der Waals surface area contributed by atoms with Crippen LogP contribution in [-0.4, -0.2) is 17.2 Å². The number of nitrogens with zero attached hydrogens (tertiary/aromatic N) is 1. The minimum atomic E-state index is -0.0544. The van der Waals surface area contributed by atoms with Crippen molar-refractivity contribution in [3.8, 4) is 5.75 Å². The van der Waals surface area contributed by atoms with Gasteiger partial charge in [-0.05, 0) is 46.6 Å². The van der Waals surface area contributed by atoms with Gasteiger partial charge in [-0.1, -0.05) is 57.2 Å². The predicted molar refractivity (Wildman–Crippen MR) is 99.8 cm³/mol. The third-order valence-corrected chi connectivity index (χ3v) is 4.59. The van der Waals surface area contributed by atoms with Crippen molar-refractivity contribution >= 4 is 12.1 Å². The van der Waals surface area contributed by atoms with Gasteiger partial charge in [0.05, 0.1) is 6.21 Å². The Labute approximate surface area is 148 Å². The monoisotopic (exact) mass is 336 g/mol. The summed E-state index contributed by atoms with van der Waals surface area (Å²) < 4.78 is 0. The molecule has 2 aromatic carbocycles. The molecule has 1 aliphatic carbocycles. The highest BCUT2D eigenvalue weighted by atomic mass is 16.3. The van der Waals surface area contributed by atoms with Gasteiger partial charge in [-0.3, -0.25) is 4.79 Å². The Morgan fingerprint density at radius 3 is 2.56 bits per heavy atom. The molecule has 25 heavy (non-hydrogen) atoms. The molecule has 4 heteroatoms.